The second-order valence-corrected chi connectivity index (χ2v) is 4.54. The molecule has 1 aromatic heterocycles. The summed E-state index contributed by atoms with van der Waals surface area (Å²) in [5, 5.41) is 11.2. The Morgan fingerprint density at radius 3 is 2.94 bits per heavy atom. The Kier molecular flexibility index (Phi) is 3.38. The molecule has 5 nitrogen and oxygen atoms in total. The molecule has 0 aliphatic carbocycles. The number of amides is 1. The summed E-state index contributed by atoms with van der Waals surface area (Å²) in [5.41, 5.74) is 2.15. The van der Waals surface area contributed by atoms with Gasteiger partial charge >= 0.3 is 0 Å². The standard InChI is InChI=1S/C12H18N4O/c1-8-6-11(10(3)15-14-8)12(17)16-5-4-13-7-9(16)2/h6,9,13H,4-5,7H2,1-3H3/t9-/m0/s1. The van der Waals surface area contributed by atoms with E-state index in [0.29, 0.717) is 11.3 Å². The summed E-state index contributed by atoms with van der Waals surface area (Å²) in [5.74, 6) is 0.0644. The zero-order chi connectivity index (χ0) is 12.4. The van der Waals surface area contributed by atoms with Crippen molar-refractivity contribution >= 4 is 5.91 Å². The first-order chi connectivity index (χ1) is 8.09. The fourth-order valence-corrected chi connectivity index (χ4v) is 2.06. The van der Waals surface area contributed by atoms with Crippen molar-refractivity contribution in [1.29, 1.82) is 0 Å². The SMILES string of the molecule is Cc1cc(C(=O)N2CCNC[C@@H]2C)c(C)nn1. The lowest BCUT2D eigenvalue weighted by molar-refractivity contribution is 0.0654. The molecule has 17 heavy (non-hydrogen) atoms. The quantitative estimate of drug-likeness (QED) is 0.770. The van der Waals surface area contributed by atoms with Crippen LogP contribution in [0.15, 0.2) is 6.07 Å². The Morgan fingerprint density at radius 2 is 2.24 bits per heavy atom. The first-order valence-corrected chi connectivity index (χ1v) is 5.92. The number of carbonyl (C=O) groups is 1. The summed E-state index contributed by atoms with van der Waals surface area (Å²) in [6.45, 7) is 8.19. The number of rotatable bonds is 1. The second-order valence-electron chi connectivity index (χ2n) is 4.54. The van der Waals surface area contributed by atoms with Crippen LogP contribution in [0.1, 0.15) is 28.7 Å². The fraction of sp³-hybridized carbons (Fsp3) is 0.583. The number of aryl methyl sites for hydroxylation is 2. The van der Waals surface area contributed by atoms with Crippen LogP contribution >= 0.6 is 0 Å². The van der Waals surface area contributed by atoms with Gasteiger partial charge in [-0.25, -0.2) is 0 Å². The summed E-state index contributed by atoms with van der Waals surface area (Å²) in [4.78, 5) is 14.3. The van der Waals surface area contributed by atoms with Gasteiger partial charge in [-0.15, -0.1) is 0 Å². The van der Waals surface area contributed by atoms with E-state index in [2.05, 4.69) is 22.4 Å². The maximum Gasteiger partial charge on any atom is 0.256 e. The molecule has 5 heteroatoms. The highest BCUT2D eigenvalue weighted by molar-refractivity contribution is 5.95. The number of aromatic nitrogens is 2. The van der Waals surface area contributed by atoms with Gasteiger partial charge in [-0.3, -0.25) is 4.79 Å². The average molecular weight is 234 g/mol. The third kappa shape index (κ3) is 2.44. The van der Waals surface area contributed by atoms with Gasteiger partial charge in [0, 0.05) is 25.7 Å². The molecule has 0 unspecified atom stereocenters. The molecule has 1 aliphatic heterocycles. The molecule has 1 saturated heterocycles. The van der Waals surface area contributed by atoms with Crippen molar-refractivity contribution in [3.63, 3.8) is 0 Å². The molecule has 1 aromatic rings. The highest BCUT2D eigenvalue weighted by Crippen LogP contribution is 2.13. The van der Waals surface area contributed by atoms with Gasteiger partial charge in [-0.2, -0.15) is 10.2 Å². The zero-order valence-electron chi connectivity index (χ0n) is 10.5. The molecule has 1 amide bonds. The van der Waals surface area contributed by atoms with E-state index in [1.807, 2.05) is 24.8 Å². The second kappa shape index (κ2) is 4.79. The minimum atomic E-state index is 0.0644. The van der Waals surface area contributed by atoms with E-state index in [4.69, 9.17) is 0 Å². The van der Waals surface area contributed by atoms with Crippen LogP contribution in [0, 0.1) is 13.8 Å². The van der Waals surface area contributed by atoms with Crippen LogP contribution in [0.2, 0.25) is 0 Å². The lowest BCUT2D eigenvalue weighted by Crippen LogP contribution is -2.52. The molecule has 1 aliphatic rings. The molecule has 0 radical (unpaired) electrons. The highest BCUT2D eigenvalue weighted by Gasteiger charge is 2.25. The lowest BCUT2D eigenvalue weighted by atomic mass is 10.1. The van der Waals surface area contributed by atoms with E-state index < -0.39 is 0 Å². The first-order valence-electron chi connectivity index (χ1n) is 5.92. The maximum atomic E-state index is 12.4. The van der Waals surface area contributed by atoms with Gasteiger partial charge < -0.3 is 10.2 Å². The van der Waals surface area contributed by atoms with E-state index >= 15 is 0 Å². The fourth-order valence-electron chi connectivity index (χ4n) is 2.06. The van der Waals surface area contributed by atoms with Crippen molar-refractivity contribution in [2.45, 2.75) is 26.8 Å². The van der Waals surface area contributed by atoms with Gasteiger partial charge in [-0.05, 0) is 26.8 Å². The Hall–Kier alpha value is -1.49. The molecule has 0 saturated carbocycles. The van der Waals surface area contributed by atoms with Crippen molar-refractivity contribution in [3.8, 4) is 0 Å². The van der Waals surface area contributed by atoms with Crippen LogP contribution in [-0.4, -0.2) is 46.7 Å². The van der Waals surface area contributed by atoms with Gasteiger partial charge in [-0.1, -0.05) is 0 Å². The molecule has 0 spiro atoms. The van der Waals surface area contributed by atoms with E-state index in [9.17, 15) is 4.79 Å². The zero-order valence-corrected chi connectivity index (χ0v) is 10.5. The van der Waals surface area contributed by atoms with Crippen LogP contribution in [0.5, 0.6) is 0 Å². The molecule has 2 heterocycles. The number of nitrogens with zero attached hydrogens (tertiary/aromatic N) is 3. The number of hydrogen-bond acceptors (Lipinski definition) is 4. The summed E-state index contributed by atoms with van der Waals surface area (Å²) in [7, 11) is 0. The first kappa shape index (κ1) is 12.0. The summed E-state index contributed by atoms with van der Waals surface area (Å²) in [6.07, 6.45) is 0. The van der Waals surface area contributed by atoms with Crippen LogP contribution in [0.4, 0.5) is 0 Å². The molecule has 0 aromatic carbocycles. The number of hydrogen-bond donors (Lipinski definition) is 1. The summed E-state index contributed by atoms with van der Waals surface area (Å²) in [6, 6.07) is 2.04. The predicted molar refractivity (Wildman–Crippen MR) is 64.9 cm³/mol. The molecular weight excluding hydrogens is 216 g/mol. The Labute approximate surface area is 101 Å². The molecule has 0 bridgehead atoms. The summed E-state index contributed by atoms with van der Waals surface area (Å²) >= 11 is 0. The largest absolute Gasteiger partial charge is 0.333 e. The Balaban J connectivity index is 2.26. The van der Waals surface area contributed by atoms with Gasteiger partial charge in [0.2, 0.25) is 0 Å². The smallest absolute Gasteiger partial charge is 0.256 e. The van der Waals surface area contributed by atoms with Crippen molar-refractivity contribution in [2.75, 3.05) is 19.6 Å². The topological polar surface area (TPSA) is 58.1 Å². The lowest BCUT2D eigenvalue weighted by Gasteiger charge is -2.34. The third-order valence-electron chi connectivity index (χ3n) is 3.09. The van der Waals surface area contributed by atoms with Crippen LogP contribution < -0.4 is 5.32 Å². The van der Waals surface area contributed by atoms with Crippen LogP contribution in [0.25, 0.3) is 0 Å². The molecule has 1 atom stereocenters. The summed E-state index contributed by atoms with van der Waals surface area (Å²) < 4.78 is 0. The van der Waals surface area contributed by atoms with Crippen molar-refractivity contribution in [2.24, 2.45) is 0 Å². The van der Waals surface area contributed by atoms with E-state index in [1.165, 1.54) is 0 Å². The normalized spacial score (nSPS) is 20.4. The minimum absolute atomic E-state index is 0.0644. The monoisotopic (exact) mass is 234 g/mol. The van der Waals surface area contributed by atoms with Crippen LogP contribution in [-0.2, 0) is 0 Å². The van der Waals surface area contributed by atoms with Gasteiger partial charge in [0.1, 0.15) is 0 Å². The van der Waals surface area contributed by atoms with Crippen molar-refractivity contribution < 1.29 is 4.79 Å². The van der Waals surface area contributed by atoms with Gasteiger partial charge in [0.15, 0.2) is 0 Å². The number of piperazine rings is 1. The number of carbonyl (C=O) groups excluding carboxylic acids is 1. The van der Waals surface area contributed by atoms with Crippen LogP contribution in [0.3, 0.4) is 0 Å². The third-order valence-corrected chi connectivity index (χ3v) is 3.09. The maximum absolute atomic E-state index is 12.4. The molecule has 1 N–H and O–H groups in total. The molecule has 92 valence electrons. The van der Waals surface area contributed by atoms with Gasteiger partial charge in [0.05, 0.1) is 17.0 Å². The Morgan fingerprint density at radius 1 is 1.47 bits per heavy atom. The van der Waals surface area contributed by atoms with Crippen molar-refractivity contribution in [3.05, 3.63) is 23.0 Å². The number of nitrogens with one attached hydrogen (secondary N) is 1. The molecule has 2 rings (SSSR count). The molecular formula is C12H18N4O. The van der Waals surface area contributed by atoms with Crippen molar-refractivity contribution in [1.82, 2.24) is 20.4 Å². The predicted octanol–water partition coefficient (Wildman–Crippen LogP) is 0.527. The average Bonchev–Trinajstić information content (AvgIpc) is 2.32. The Bertz CT molecular complexity index is 433. The van der Waals surface area contributed by atoms with E-state index in [-0.39, 0.29) is 11.9 Å². The van der Waals surface area contributed by atoms with E-state index in [0.717, 1.165) is 25.3 Å². The highest BCUT2D eigenvalue weighted by atomic mass is 16.2. The van der Waals surface area contributed by atoms with E-state index in [1.54, 1.807) is 0 Å². The van der Waals surface area contributed by atoms with Gasteiger partial charge in [0.25, 0.3) is 5.91 Å². The molecule has 1 fully saturated rings. The minimum Gasteiger partial charge on any atom is -0.333 e.